The van der Waals surface area contributed by atoms with Crippen LogP contribution < -0.4 is 10.6 Å². The first kappa shape index (κ1) is 10.7. The lowest BCUT2D eigenvalue weighted by atomic mass is 10.2. The highest BCUT2D eigenvalue weighted by Gasteiger charge is 2.11. The van der Waals surface area contributed by atoms with Gasteiger partial charge in [-0.25, -0.2) is 4.39 Å². The molecule has 0 unspecified atom stereocenters. The summed E-state index contributed by atoms with van der Waals surface area (Å²) in [4.78, 5) is 12.8. The molecule has 1 aromatic carbocycles. The topological polar surface area (TPSA) is 46.3 Å². The van der Waals surface area contributed by atoms with E-state index in [0.29, 0.717) is 12.2 Å². The van der Waals surface area contributed by atoms with Crippen LogP contribution in [-0.4, -0.2) is 19.0 Å². The summed E-state index contributed by atoms with van der Waals surface area (Å²) in [6.45, 7) is 2.34. The van der Waals surface area contributed by atoms with Gasteiger partial charge in [-0.15, -0.1) is 0 Å². The van der Waals surface area contributed by atoms with E-state index in [1.807, 2.05) is 6.92 Å². The van der Waals surface area contributed by atoms with E-state index >= 15 is 0 Å². The maximum absolute atomic E-state index is 12.6. The summed E-state index contributed by atoms with van der Waals surface area (Å²) in [6.07, 6.45) is 0. The van der Waals surface area contributed by atoms with Crippen molar-refractivity contribution in [3.05, 3.63) is 30.1 Å². The molecule has 0 spiro atoms. The van der Waals surface area contributed by atoms with Gasteiger partial charge >= 0.3 is 0 Å². The summed E-state index contributed by atoms with van der Waals surface area (Å²) in [5.41, 5.74) is 5.92. The van der Waals surface area contributed by atoms with Crippen molar-refractivity contribution < 1.29 is 9.18 Å². The van der Waals surface area contributed by atoms with Crippen molar-refractivity contribution in [2.45, 2.75) is 6.92 Å². The number of nitrogens with zero attached hydrogens (tertiary/aromatic N) is 1. The largest absolute Gasteiger partial charge is 0.322 e. The molecule has 0 bridgehead atoms. The molecule has 3 nitrogen and oxygen atoms in total. The molecule has 4 heteroatoms. The number of nitrogens with two attached hydrogens (primary N) is 1. The van der Waals surface area contributed by atoms with Gasteiger partial charge in [-0.05, 0) is 31.2 Å². The molecule has 76 valence electrons. The molecule has 0 heterocycles. The summed E-state index contributed by atoms with van der Waals surface area (Å²) >= 11 is 0. The van der Waals surface area contributed by atoms with Crippen LogP contribution >= 0.6 is 0 Å². The lowest BCUT2D eigenvalue weighted by molar-refractivity contribution is -0.117. The Bertz CT molecular complexity index is 310. The lowest BCUT2D eigenvalue weighted by Crippen LogP contribution is -2.35. The van der Waals surface area contributed by atoms with Gasteiger partial charge in [0.05, 0.1) is 6.54 Å². The van der Waals surface area contributed by atoms with Crippen LogP contribution in [0.3, 0.4) is 0 Å². The van der Waals surface area contributed by atoms with E-state index < -0.39 is 0 Å². The SMILES string of the molecule is CCN(C(=O)CN)c1ccc(F)cc1. The number of hydrogen-bond donors (Lipinski definition) is 1. The summed E-state index contributed by atoms with van der Waals surface area (Å²) in [5, 5.41) is 0. The molecule has 0 radical (unpaired) electrons. The molecule has 1 rings (SSSR count). The highest BCUT2D eigenvalue weighted by atomic mass is 19.1. The minimum atomic E-state index is -0.315. The van der Waals surface area contributed by atoms with Crippen molar-refractivity contribution in [3.63, 3.8) is 0 Å². The van der Waals surface area contributed by atoms with Gasteiger partial charge in [0.1, 0.15) is 5.82 Å². The normalized spacial score (nSPS) is 9.93. The van der Waals surface area contributed by atoms with E-state index in [9.17, 15) is 9.18 Å². The lowest BCUT2D eigenvalue weighted by Gasteiger charge is -2.19. The number of anilines is 1. The standard InChI is InChI=1S/C10H13FN2O/c1-2-13(10(14)7-12)9-5-3-8(11)4-6-9/h3-6H,2,7,12H2,1H3. The third-order valence-electron chi connectivity index (χ3n) is 1.93. The van der Waals surface area contributed by atoms with Gasteiger partial charge in [0.25, 0.3) is 0 Å². The molecular formula is C10H13FN2O. The molecule has 0 saturated heterocycles. The van der Waals surface area contributed by atoms with Crippen molar-refractivity contribution in [2.75, 3.05) is 18.0 Å². The smallest absolute Gasteiger partial charge is 0.240 e. The second kappa shape index (κ2) is 4.72. The van der Waals surface area contributed by atoms with E-state index in [-0.39, 0.29) is 18.3 Å². The van der Waals surface area contributed by atoms with Crippen LogP contribution in [0.4, 0.5) is 10.1 Å². The van der Waals surface area contributed by atoms with Crippen LogP contribution in [0.1, 0.15) is 6.92 Å². The van der Waals surface area contributed by atoms with Crippen LogP contribution in [0, 0.1) is 5.82 Å². The van der Waals surface area contributed by atoms with Gasteiger partial charge in [-0.3, -0.25) is 4.79 Å². The van der Waals surface area contributed by atoms with Crippen LogP contribution in [-0.2, 0) is 4.79 Å². The number of carbonyl (C=O) groups excluding carboxylic acids is 1. The van der Waals surface area contributed by atoms with E-state index in [0.717, 1.165) is 0 Å². The first-order valence-electron chi connectivity index (χ1n) is 4.45. The summed E-state index contributed by atoms with van der Waals surface area (Å²) in [5.74, 6) is -0.482. The van der Waals surface area contributed by atoms with Crippen molar-refractivity contribution >= 4 is 11.6 Å². The monoisotopic (exact) mass is 196 g/mol. The molecule has 1 aromatic rings. The highest BCUT2D eigenvalue weighted by molar-refractivity contribution is 5.94. The molecule has 0 fully saturated rings. The molecule has 2 N–H and O–H groups in total. The fraction of sp³-hybridized carbons (Fsp3) is 0.300. The Hall–Kier alpha value is -1.42. The zero-order valence-electron chi connectivity index (χ0n) is 8.03. The van der Waals surface area contributed by atoms with Gasteiger partial charge in [0, 0.05) is 12.2 Å². The number of likely N-dealkylation sites (N-methyl/N-ethyl adjacent to an activating group) is 1. The number of amides is 1. The zero-order chi connectivity index (χ0) is 10.6. The molecule has 0 aliphatic rings. The fourth-order valence-electron chi connectivity index (χ4n) is 1.23. The maximum atomic E-state index is 12.6. The molecule has 0 aromatic heterocycles. The molecule has 0 atom stereocenters. The Balaban J connectivity index is 2.89. The molecule has 14 heavy (non-hydrogen) atoms. The Labute approximate surface area is 82.3 Å². The van der Waals surface area contributed by atoms with Crippen molar-refractivity contribution in [3.8, 4) is 0 Å². The zero-order valence-corrected chi connectivity index (χ0v) is 8.03. The van der Waals surface area contributed by atoms with Crippen molar-refractivity contribution in [2.24, 2.45) is 5.73 Å². The quantitative estimate of drug-likeness (QED) is 0.787. The minimum Gasteiger partial charge on any atom is -0.322 e. The van der Waals surface area contributed by atoms with E-state index in [4.69, 9.17) is 5.73 Å². The number of halogens is 1. The van der Waals surface area contributed by atoms with Crippen LogP contribution in [0.25, 0.3) is 0 Å². The average Bonchev–Trinajstić information content (AvgIpc) is 2.21. The van der Waals surface area contributed by atoms with Gasteiger partial charge in [0.2, 0.25) is 5.91 Å². The van der Waals surface area contributed by atoms with Crippen LogP contribution in [0.5, 0.6) is 0 Å². The third-order valence-corrected chi connectivity index (χ3v) is 1.93. The fourth-order valence-corrected chi connectivity index (χ4v) is 1.23. The average molecular weight is 196 g/mol. The first-order chi connectivity index (χ1) is 6.69. The number of benzene rings is 1. The number of carbonyl (C=O) groups is 1. The first-order valence-corrected chi connectivity index (χ1v) is 4.45. The number of rotatable bonds is 3. The third kappa shape index (κ3) is 2.29. The predicted molar refractivity (Wildman–Crippen MR) is 53.5 cm³/mol. The molecular weight excluding hydrogens is 183 g/mol. The van der Waals surface area contributed by atoms with Crippen molar-refractivity contribution in [1.29, 1.82) is 0 Å². The maximum Gasteiger partial charge on any atom is 0.240 e. The van der Waals surface area contributed by atoms with E-state index in [2.05, 4.69) is 0 Å². The summed E-state index contributed by atoms with van der Waals surface area (Å²) in [6, 6.07) is 5.77. The van der Waals surface area contributed by atoms with E-state index in [1.54, 1.807) is 12.1 Å². The molecule has 0 aliphatic heterocycles. The Morgan fingerprint density at radius 2 is 2.00 bits per heavy atom. The second-order valence-electron chi connectivity index (χ2n) is 2.82. The van der Waals surface area contributed by atoms with E-state index in [1.165, 1.54) is 17.0 Å². The van der Waals surface area contributed by atoms with Crippen LogP contribution in [0.2, 0.25) is 0 Å². The van der Waals surface area contributed by atoms with Crippen molar-refractivity contribution in [1.82, 2.24) is 0 Å². The second-order valence-corrected chi connectivity index (χ2v) is 2.82. The van der Waals surface area contributed by atoms with Gasteiger partial charge in [-0.1, -0.05) is 0 Å². The van der Waals surface area contributed by atoms with Gasteiger partial charge in [0.15, 0.2) is 0 Å². The predicted octanol–water partition coefficient (Wildman–Crippen LogP) is 1.14. The number of hydrogen-bond acceptors (Lipinski definition) is 2. The molecule has 0 aliphatic carbocycles. The van der Waals surface area contributed by atoms with Crippen LogP contribution in [0.15, 0.2) is 24.3 Å². The highest BCUT2D eigenvalue weighted by Crippen LogP contribution is 2.14. The Morgan fingerprint density at radius 3 is 2.43 bits per heavy atom. The Morgan fingerprint density at radius 1 is 1.43 bits per heavy atom. The molecule has 0 saturated carbocycles. The van der Waals surface area contributed by atoms with Gasteiger partial charge < -0.3 is 10.6 Å². The summed E-state index contributed by atoms with van der Waals surface area (Å²) in [7, 11) is 0. The van der Waals surface area contributed by atoms with Gasteiger partial charge in [-0.2, -0.15) is 0 Å². The summed E-state index contributed by atoms with van der Waals surface area (Å²) < 4.78 is 12.6. The Kier molecular flexibility index (Phi) is 3.59. The minimum absolute atomic E-state index is 0.0365. The molecule has 1 amide bonds.